The molecule has 21 nitrogen and oxygen atoms in total. The van der Waals surface area contributed by atoms with Crippen molar-refractivity contribution in [3.63, 3.8) is 0 Å². The quantitative estimate of drug-likeness (QED) is 0.0626. The molecule has 0 saturated carbocycles. The van der Waals surface area contributed by atoms with Crippen LogP contribution in [0.4, 0.5) is 50.4 Å². The molecule has 288 valence electrons. The number of anilines is 4. The van der Waals surface area contributed by atoms with Gasteiger partial charge in [0.1, 0.15) is 11.6 Å². The molecule has 55 heavy (non-hydrogen) atoms. The number of rotatable bonds is 12. The Morgan fingerprint density at radius 1 is 0.491 bits per heavy atom. The van der Waals surface area contributed by atoms with Crippen LogP contribution in [0.3, 0.4) is 0 Å². The minimum atomic E-state index is -4.90. The predicted octanol–water partition coefficient (Wildman–Crippen LogP) is 5.93. The number of aryl methyl sites for hydroxylation is 2. The highest BCUT2D eigenvalue weighted by atomic mass is 32.2. The number of hydrogen-bond donors (Lipinski definition) is 6. The fourth-order valence-corrected chi connectivity index (χ4v) is 6.74. The van der Waals surface area contributed by atoms with Crippen LogP contribution in [0.2, 0.25) is 0 Å². The molecular weight excluding hydrogens is 814 g/mol. The van der Waals surface area contributed by atoms with E-state index in [-0.39, 0.29) is 40.5 Å². The van der Waals surface area contributed by atoms with Crippen molar-refractivity contribution in [3.8, 4) is 0 Å². The van der Waals surface area contributed by atoms with Crippen LogP contribution in [0.15, 0.2) is 113 Å². The lowest BCUT2D eigenvalue weighted by atomic mass is 10.2. The summed E-state index contributed by atoms with van der Waals surface area (Å²) < 4.78 is 145. The molecule has 4 aromatic carbocycles. The Bertz CT molecular complexity index is 2580. The number of hydrogen-bond acceptors (Lipinski definition) is 17. The van der Waals surface area contributed by atoms with Crippen molar-refractivity contribution in [1.82, 2.24) is 15.0 Å². The van der Waals surface area contributed by atoms with Crippen LogP contribution in [0.5, 0.6) is 0 Å². The Morgan fingerprint density at radius 3 is 1.24 bits per heavy atom. The van der Waals surface area contributed by atoms with E-state index in [2.05, 4.69) is 46.0 Å². The average Bonchev–Trinajstić information content (AvgIpc) is 3.06. The summed E-state index contributed by atoms with van der Waals surface area (Å²) in [7, 11) is -19.5. The van der Waals surface area contributed by atoms with Crippen molar-refractivity contribution in [1.29, 1.82) is 0 Å². The summed E-state index contributed by atoms with van der Waals surface area (Å²) in [4.78, 5) is 9.17. The first-order valence-electron chi connectivity index (χ1n) is 14.6. The molecule has 6 N–H and O–H groups in total. The zero-order chi connectivity index (χ0) is 40.5. The Morgan fingerprint density at radius 2 is 0.855 bits per heavy atom. The van der Waals surface area contributed by atoms with E-state index in [1.54, 1.807) is 26.0 Å². The lowest BCUT2D eigenvalue weighted by Gasteiger charge is -2.11. The number of halogens is 1. The summed E-state index contributed by atoms with van der Waals surface area (Å²) in [5.41, 5.74) is 0.357. The van der Waals surface area contributed by atoms with Crippen LogP contribution < -0.4 is 10.6 Å². The van der Waals surface area contributed by atoms with Crippen LogP contribution in [0, 0.1) is 19.7 Å². The van der Waals surface area contributed by atoms with Crippen molar-refractivity contribution >= 4 is 86.5 Å². The lowest BCUT2D eigenvalue weighted by molar-refractivity contribution is 0.476. The average molecular weight is 838 g/mol. The number of benzene rings is 4. The first-order chi connectivity index (χ1) is 25.4. The van der Waals surface area contributed by atoms with Gasteiger partial charge in [-0.05, 0) is 86.1 Å². The second-order valence-corrected chi connectivity index (χ2v) is 16.8. The topological polar surface area (TPSA) is 330 Å². The Kier molecular flexibility index (Phi) is 11.2. The minimum absolute atomic E-state index is 0.0365. The van der Waals surface area contributed by atoms with Gasteiger partial charge in [-0.2, -0.15) is 69.1 Å². The summed E-state index contributed by atoms with van der Waals surface area (Å²) in [6.45, 7) is 3.22. The molecule has 1 heterocycles. The number of azo groups is 2. The molecule has 5 aromatic rings. The second-order valence-electron chi connectivity index (χ2n) is 11.1. The minimum Gasteiger partial charge on any atom is -0.324 e. The maximum atomic E-state index is 15.1. The summed E-state index contributed by atoms with van der Waals surface area (Å²) in [5, 5.41) is 20.9. The van der Waals surface area contributed by atoms with E-state index in [9.17, 15) is 51.9 Å². The largest absolute Gasteiger partial charge is 0.324 e. The highest BCUT2D eigenvalue weighted by Crippen LogP contribution is 2.30. The smallest absolute Gasteiger partial charge is 0.294 e. The standard InChI is InChI=1S/C29H24FN9O12S4/c1-15-7-17(36-38-19-8-21(52(40,41)42)13-22(9-19)53(43,44)45)3-5-26(15)33-28-31-16(2)32-29(35-28)34-27-6-4-18(12-25(27)30)37-39-20-10-23(54(46,47)48)14-24(11-20)55(49,50)51/h3-14H,1-2H3,(H,40,41,42)(H,43,44,45)(H,46,47,48)(H,49,50,51)(H2,31,32,33,34,35). The van der Waals surface area contributed by atoms with E-state index in [4.69, 9.17) is 0 Å². The van der Waals surface area contributed by atoms with Gasteiger partial charge < -0.3 is 10.6 Å². The van der Waals surface area contributed by atoms with Crippen molar-refractivity contribution < 1.29 is 56.3 Å². The van der Waals surface area contributed by atoms with E-state index in [0.717, 1.165) is 30.3 Å². The fraction of sp³-hybridized carbons (Fsp3) is 0.0690. The molecule has 0 aliphatic heterocycles. The molecule has 0 amide bonds. The molecule has 5 rings (SSSR count). The van der Waals surface area contributed by atoms with Gasteiger partial charge in [-0.15, -0.1) is 0 Å². The van der Waals surface area contributed by atoms with Gasteiger partial charge in [0.2, 0.25) is 11.9 Å². The first kappa shape index (κ1) is 40.4. The van der Waals surface area contributed by atoms with Crippen molar-refractivity contribution in [2.24, 2.45) is 20.5 Å². The molecule has 0 atom stereocenters. The highest BCUT2D eigenvalue weighted by Gasteiger charge is 2.20. The molecular formula is C29H24FN9O12S4. The van der Waals surface area contributed by atoms with Crippen molar-refractivity contribution in [2.75, 3.05) is 10.6 Å². The molecule has 0 saturated heterocycles. The monoisotopic (exact) mass is 837 g/mol. The third kappa shape index (κ3) is 10.7. The molecule has 0 radical (unpaired) electrons. The predicted molar refractivity (Wildman–Crippen MR) is 189 cm³/mol. The zero-order valence-electron chi connectivity index (χ0n) is 27.6. The van der Waals surface area contributed by atoms with E-state index in [1.807, 2.05) is 0 Å². The molecule has 0 aliphatic carbocycles. The van der Waals surface area contributed by atoms with E-state index in [1.165, 1.54) is 18.2 Å². The number of nitrogens with one attached hydrogen (secondary N) is 2. The summed E-state index contributed by atoms with van der Waals surface area (Å²) in [5.74, 6) is -0.688. The van der Waals surface area contributed by atoms with E-state index >= 15 is 4.39 Å². The van der Waals surface area contributed by atoms with Gasteiger partial charge in [-0.3, -0.25) is 18.2 Å². The van der Waals surface area contributed by atoms with Crippen LogP contribution in [-0.4, -0.2) is 66.8 Å². The fourth-order valence-electron chi connectivity index (χ4n) is 4.41. The van der Waals surface area contributed by atoms with Gasteiger partial charge in [-0.25, -0.2) is 4.39 Å². The Labute approximate surface area is 311 Å². The first-order valence-corrected chi connectivity index (χ1v) is 20.4. The van der Waals surface area contributed by atoms with Crippen LogP contribution in [0.1, 0.15) is 11.4 Å². The van der Waals surface area contributed by atoms with Gasteiger partial charge in [0.25, 0.3) is 40.5 Å². The summed E-state index contributed by atoms with van der Waals surface area (Å²) in [6.07, 6.45) is 0. The normalized spacial score (nSPS) is 12.7. The summed E-state index contributed by atoms with van der Waals surface area (Å²) in [6, 6.07) is 12.4. The van der Waals surface area contributed by atoms with Crippen molar-refractivity contribution in [3.05, 3.63) is 90.0 Å². The van der Waals surface area contributed by atoms with Gasteiger partial charge in [-0.1, -0.05) is 0 Å². The number of nitrogens with zero attached hydrogens (tertiary/aromatic N) is 7. The summed E-state index contributed by atoms with van der Waals surface area (Å²) >= 11 is 0. The SMILES string of the molecule is Cc1nc(Nc2ccc(N=Nc3cc(S(=O)(=O)O)cc(S(=O)(=O)O)c3)cc2C)nc(Nc2ccc(N=Nc3cc(S(=O)(=O)O)cc(S(=O)(=O)O)c3)cc2F)n1. The molecule has 1 aromatic heterocycles. The highest BCUT2D eigenvalue weighted by molar-refractivity contribution is 7.87. The van der Waals surface area contributed by atoms with Crippen LogP contribution in [0.25, 0.3) is 0 Å². The molecule has 0 aliphatic rings. The van der Waals surface area contributed by atoms with Gasteiger partial charge in [0, 0.05) is 11.8 Å². The van der Waals surface area contributed by atoms with Gasteiger partial charge in [0.05, 0.1) is 48.0 Å². The third-order valence-corrected chi connectivity index (χ3v) is 10.2. The van der Waals surface area contributed by atoms with Crippen LogP contribution >= 0.6 is 0 Å². The molecule has 0 spiro atoms. The van der Waals surface area contributed by atoms with Crippen LogP contribution in [-0.2, 0) is 40.5 Å². The maximum absolute atomic E-state index is 15.1. The van der Waals surface area contributed by atoms with Gasteiger partial charge >= 0.3 is 0 Å². The molecule has 0 unspecified atom stereocenters. The molecule has 26 heteroatoms. The van der Waals surface area contributed by atoms with E-state index < -0.39 is 71.6 Å². The number of aromatic nitrogens is 3. The Hall–Kier alpha value is -5.74. The maximum Gasteiger partial charge on any atom is 0.294 e. The third-order valence-electron chi connectivity index (χ3n) is 6.89. The van der Waals surface area contributed by atoms with Gasteiger partial charge in [0.15, 0.2) is 0 Å². The molecule has 0 fully saturated rings. The Balaban J connectivity index is 1.32. The van der Waals surface area contributed by atoms with Crippen molar-refractivity contribution in [2.45, 2.75) is 33.4 Å². The lowest BCUT2D eigenvalue weighted by Crippen LogP contribution is -2.06. The second kappa shape index (κ2) is 15.2. The van der Waals surface area contributed by atoms with E-state index in [0.29, 0.717) is 23.4 Å². The molecule has 0 bridgehead atoms. The zero-order valence-corrected chi connectivity index (χ0v) is 30.9.